The molecule has 1 aliphatic rings. The fourth-order valence-corrected chi connectivity index (χ4v) is 3.43. The van der Waals surface area contributed by atoms with Crippen molar-refractivity contribution in [3.8, 4) is 11.4 Å². The third-order valence-electron chi connectivity index (χ3n) is 4.83. The molecule has 0 aliphatic heterocycles. The lowest BCUT2D eigenvalue weighted by atomic mass is 10.1. The number of fused-ring (bicyclic) bond motifs is 2. The summed E-state index contributed by atoms with van der Waals surface area (Å²) in [6.45, 7) is 7.36. The van der Waals surface area contributed by atoms with Crippen molar-refractivity contribution >= 4 is 28.1 Å². The molecule has 0 fully saturated rings. The molecule has 0 unspecified atom stereocenters. The predicted octanol–water partition coefficient (Wildman–Crippen LogP) is 5.25. The van der Waals surface area contributed by atoms with Crippen LogP contribution in [0.5, 0.6) is 0 Å². The lowest BCUT2D eigenvalue weighted by Gasteiger charge is -2.12. The molecule has 0 radical (unpaired) electrons. The van der Waals surface area contributed by atoms with Crippen molar-refractivity contribution in [1.82, 2.24) is 15.0 Å². The average Bonchev–Trinajstić information content (AvgIpc) is 3.16. The first kappa shape index (κ1) is 16.2. The molecule has 5 heteroatoms. The van der Waals surface area contributed by atoms with Gasteiger partial charge in [0.2, 0.25) is 0 Å². The Morgan fingerprint density at radius 2 is 1.82 bits per heavy atom. The number of aromatic nitrogens is 3. The highest BCUT2D eigenvalue weighted by molar-refractivity contribution is 5.92. The summed E-state index contributed by atoms with van der Waals surface area (Å²) in [6, 6.07) is 17.9. The summed E-state index contributed by atoms with van der Waals surface area (Å²) in [5, 5.41) is 4.38. The lowest BCUT2D eigenvalue weighted by Crippen LogP contribution is -2.00. The van der Waals surface area contributed by atoms with Crippen molar-refractivity contribution in [2.75, 3.05) is 5.32 Å². The van der Waals surface area contributed by atoms with Crippen LogP contribution in [0.2, 0.25) is 0 Å². The molecular formula is C23H15N5. The van der Waals surface area contributed by atoms with E-state index in [1.165, 1.54) is 5.56 Å². The van der Waals surface area contributed by atoms with E-state index < -0.39 is 0 Å². The number of nitrogens with one attached hydrogen (secondary N) is 1. The van der Waals surface area contributed by atoms with Crippen molar-refractivity contribution in [3.63, 3.8) is 0 Å². The van der Waals surface area contributed by atoms with Crippen LogP contribution >= 0.6 is 0 Å². The third kappa shape index (κ3) is 2.78. The highest BCUT2D eigenvalue weighted by Crippen LogP contribution is 2.33. The van der Waals surface area contributed by atoms with Gasteiger partial charge in [-0.2, -0.15) is 0 Å². The second-order valence-corrected chi connectivity index (χ2v) is 6.55. The summed E-state index contributed by atoms with van der Waals surface area (Å²) in [4.78, 5) is 17.2. The van der Waals surface area contributed by atoms with Gasteiger partial charge in [-0.1, -0.05) is 24.3 Å². The van der Waals surface area contributed by atoms with E-state index in [4.69, 9.17) is 16.5 Å². The standard InChI is InChI=1S/C23H15N5/c1-24-20-9-7-15-6-8-17(14-19(15)20)26-23-18-4-2-3-5-21(18)27-22(28-23)16-10-12-25-13-11-16/h2-6,8-14H,7H2,(H,26,27,28). The van der Waals surface area contributed by atoms with Gasteiger partial charge >= 0.3 is 0 Å². The summed E-state index contributed by atoms with van der Waals surface area (Å²) in [5.74, 6) is 1.38. The van der Waals surface area contributed by atoms with Crippen LogP contribution in [-0.4, -0.2) is 15.0 Å². The molecule has 0 bridgehead atoms. The smallest absolute Gasteiger partial charge is 0.191 e. The zero-order valence-electron chi connectivity index (χ0n) is 14.9. The van der Waals surface area contributed by atoms with Gasteiger partial charge in [0.25, 0.3) is 0 Å². The fraction of sp³-hybridized carbons (Fsp3) is 0.0435. The Balaban J connectivity index is 1.61. The largest absolute Gasteiger partial charge is 0.340 e. The zero-order valence-corrected chi connectivity index (χ0v) is 14.9. The van der Waals surface area contributed by atoms with E-state index in [-0.39, 0.29) is 0 Å². The molecular weight excluding hydrogens is 346 g/mol. The maximum atomic E-state index is 7.36. The number of hydrogen-bond acceptors (Lipinski definition) is 4. The Hall–Kier alpha value is -4.04. The molecule has 0 atom stereocenters. The van der Waals surface area contributed by atoms with Crippen LogP contribution in [-0.2, 0) is 6.42 Å². The van der Waals surface area contributed by atoms with Crippen LogP contribution in [0.15, 0.2) is 73.1 Å². The van der Waals surface area contributed by atoms with Crippen LogP contribution in [0.25, 0.3) is 32.8 Å². The van der Waals surface area contributed by atoms with Crippen LogP contribution in [0.3, 0.4) is 0 Å². The highest BCUT2D eigenvalue weighted by atomic mass is 15.0. The molecule has 2 heterocycles. The van der Waals surface area contributed by atoms with Gasteiger partial charge < -0.3 is 5.32 Å². The molecule has 4 aromatic rings. The summed E-state index contributed by atoms with van der Waals surface area (Å²) >= 11 is 0. The molecule has 1 aliphatic carbocycles. The molecule has 0 saturated carbocycles. The minimum absolute atomic E-state index is 0.645. The number of nitrogens with zero attached hydrogens (tertiary/aromatic N) is 4. The summed E-state index contributed by atoms with van der Waals surface area (Å²) in [6.07, 6.45) is 6.26. The monoisotopic (exact) mass is 361 g/mol. The zero-order chi connectivity index (χ0) is 18.9. The molecule has 0 saturated heterocycles. The average molecular weight is 361 g/mol. The van der Waals surface area contributed by atoms with Crippen molar-refractivity contribution in [2.24, 2.45) is 0 Å². The number of rotatable bonds is 3. The number of hydrogen-bond donors (Lipinski definition) is 1. The van der Waals surface area contributed by atoms with E-state index in [0.717, 1.165) is 40.0 Å². The maximum absolute atomic E-state index is 7.36. The summed E-state index contributed by atoms with van der Waals surface area (Å²) in [5.41, 5.74) is 5.57. The molecule has 2 aromatic heterocycles. The molecule has 28 heavy (non-hydrogen) atoms. The van der Waals surface area contributed by atoms with Gasteiger partial charge in [0.1, 0.15) is 5.82 Å². The lowest BCUT2D eigenvalue weighted by molar-refractivity contribution is 1.21. The van der Waals surface area contributed by atoms with Crippen LogP contribution in [0, 0.1) is 6.57 Å². The van der Waals surface area contributed by atoms with Gasteiger partial charge in [0, 0.05) is 29.0 Å². The van der Waals surface area contributed by atoms with E-state index in [2.05, 4.69) is 21.2 Å². The molecule has 5 rings (SSSR count). The Morgan fingerprint density at radius 3 is 2.68 bits per heavy atom. The molecule has 0 spiro atoms. The van der Waals surface area contributed by atoms with Gasteiger partial charge in [-0.05, 0) is 53.9 Å². The first-order chi connectivity index (χ1) is 13.8. The van der Waals surface area contributed by atoms with E-state index in [1.54, 1.807) is 12.4 Å². The van der Waals surface area contributed by atoms with Gasteiger partial charge in [-0.3, -0.25) is 4.98 Å². The van der Waals surface area contributed by atoms with Gasteiger partial charge in [0.15, 0.2) is 11.5 Å². The SMILES string of the molecule is [C-]#[N+]C1=CCc2ccc(Nc3nc(-c4ccncc4)nc4ccccc34)cc21. The van der Waals surface area contributed by atoms with Crippen LogP contribution < -0.4 is 5.32 Å². The van der Waals surface area contributed by atoms with E-state index in [1.807, 2.05) is 54.6 Å². The Kier molecular flexibility index (Phi) is 3.81. The normalized spacial score (nSPS) is 12.3. The van der Waals surface area contributed by atoms with E-state index in [9.17, 15) is 0 Å². The van der Waals surface area contributed by atoms with Crippen molar-refractivity contribution in [2.45, 2.75) is 6.42 Å². The quantitative estimate of drug-likeness (QED) is 0.506. The minimum Gasteiger partial charge on any atom is -0.340 e. The second-order valence-electron chi connectivity index (χ2n) is 6.55. The van der Waals surface area contributed by atoms with Crippen molar-refractivity contribution < 1.29 is 0 Å². The number of anilines is 2. The first-order valence-corrected chi connectivity index (χ1v) is 8.97. The van der Waals surface area contributed by atoms with Crippen molar-refractivity contribution in [3.05, 3.63) is 95.6 Å². The Morgan fingerprint density at radius 1 is 0.964 bits per heavy atom. The third-order valence-corrected chi connectivity index (χ3v) is 4.83. The summed E-state index contributed by atoms with van der Waals surface area (Å²) < 4.78 is 0. The van der Waals surface area contributed by atoms with Crippen LogP contribution in [0.4, 0.5) is 11.5 Å². The van der Waals surface area contributed by atoms with Gasteiger partial charge in [-0.15, -0.1) is 0 Å². The molecule has 1 N–H and O–H groups in total. The topological polar surface area (TPSA) is 55.1 Å². The minimum atomic E-state index is 0.645. The number of benzene rings is 2. The van der Waals surface area contributed by atoms with Crippen molar-refractivity contribution in [1.29, 1.82) is 0 Å². The first-order valence-electron chi connectivity index (χ1n) is 8.97. The second kappa shape index (κ2) is 6.60. The molecule has 2 aromatic carbocycles. The number of pyridine rings is 1. The molecule has 0 amide bonds. The molecule has 5 nitrogen and oxygen atoms in total. The number of para-hydroxylation sites is 1. The number of allylic oxidation sites excluding steroid dienone is 1. The van der Waals surface area contributed by atoms with Gasteiger partial charge in [0.05, 0.1) is 12.1 Å². The maximum Gasteiger partial charge on any atom is 0.191 e. The van der Waals surface area contributed by atoms with Crippen LogP contribution in [0.1, 0.15) is 11.1 Å². The highest BCUT2D eigenvalue weighted by Gasteiger charge is 2.15. The fourth-order valence-electron chi connectivity index (χ4n) is 3.43. The van der Waals surface area contributed by atoms with E-state index in [0.29, 0.717) is 11.5 Å². The Labute approximate surface area is 162 Å². The Bertz CT molecular complexity index is 1270. The van der Waals surface area contributed by atoms with Gasteiger partial charge in [-0.25, -0.2) is 14.8 Å². The summed E-state index contributed by atoms with van der Waals surface area (Å²) in [7, 11) is 0. The molecule has 132 valence electrons. The van der Waals surface area contributed by atoms with E-state index >= 15 is 0 Å². The predicted molar refractivity (Wildman–Crippen MR) is 111 cm³/mol.